The van der Waals surface area contributed by atoms with Gasteiger partial charge in [-0.25, -0.2) is 4.39 Å². The van der Waals surface area contributed by atoms with Crippen molar-refractivity contribution in [2.75, 3.05) is 5.32 Å². The molecule has 0 unspecified atom stereocenters. The van der Waals surface area contributed by atoms with Crippen molar-refractivity contribution in [2.45, 2.75) is 26.5 Å². The van der Waals surface area contributed by atoms with Crippen LogP contribution in [0.1, 0.15) is 19.4 Å². The molecule has 0 aliphatic rings. The molecule has 0 amide bonds. The topological polar surface area (TPSA) is 21.3 Å². The highest BCUT2D eigenvalue weighted by molar-refractivity contribution is 6.33. The second kappa shape index (κ2) is 6.62. The highest BCUT2D eigenvalue weighted by Crippen LogP contribution is 2.25. The number of hydrogen-bond donors (Lipinski definition) is 1. The van der Waals surface area contributed by atoms with E-state index in [1.807, 2.05) is 38.1 Å². The summed E-state index contributed by atoms with van der Waals surface area (Å²) in [6.07, 6.45) is 0.116. The molecular formula is C16H17ClFNO. The number of ether oxygens (including phenoxy) is 1. The molecule has 0 fully saturated rings. The van der Waals surface area contributed by atoms with Crippen LogP contribution >= 0.6 is 11.6 Å². The zero-order chi connectivity index (χ0) is 14.5. The van der Waals surface area contributed by atoms with E-state index < -0.39 is 0 Å². The second-order valence-electron chi connectivity index (χ2n) is 4.75. The summed E-state index contributed by atoms with van der Waals surface area (Å²) in [5.41, 5.74) is 1.73. The maximum absolute atomic E-state index is 13.0. The van der Waals surface area contributed by atoms with Crippen LogP contribution in [0, 0.1) is 5.82 Å². The Balaban J connectivity index is 2.10. The molecular weight excluding hydrogens is 277 g/mol. The van der Waals surface area contributed by atoms with E-state index in [9.17, 15) is 4.39 Å². The molecule has 2 rings (SSSR count). The lowest BCUT2D eigenvalue weighted by atomic mass is 10.2. The first-order valence-corrected chi connectivity index (χ1v) is 6.87. The average molecular weight is 294 g/mol. The van der Waals surface area contributed by atoms with Crippen molar-refractivity contribution in [1.29, 1.82) is 0 Å². The van der Waals surface area contributed by atoms with Crippen molar-refractivity contribution in [3.8, 4) is 5.75 Å². The number of anilines is 1. The molecule has 0 radical (unpaired) electrons. The van der Waals surface area contributed by atoms with Crippen LogP contribution in [0.25, 0.3) is 0 Å². The Labute approximate surface area is 123 Å². The van der Waals surface area contributed by atoms with Crippen LogP contribution in [0.5, 0.6) is 5.75 Å². The third-order valence-electron chi connectivity index (χ3n) is 2.74. The van der Waals surface area contributed by atoms with E-state index in [4.69, 9.17) is 16.3 Å². The van der Waals surface area contributed by atoms with Gasteiger partial charge in [0.05, 0.1) is 16.8 Å². The molecule has 0 saturated heterocycles. The first-order chi connectivity index (χ1) is 9.56. The van der Waals surface area contributed by atoms with Gasteiger partial charge in [0.15, 0.2) is 0 Å². The summed E-state index contributed by atoms with van der Waals surface area (Å²) in [6, 6.07) is 12.1. The fourth-order valence-electron chi connectivity index (χ4n) is 1.84. The number of para-hydroxylation sites is 1. The fourth-order valence-corrected chi connectivity index (χ4v) is 2.08. The summed E-state index contributed by atoms with van der Waals surface area (Å²) in [5.74, 6) is 0.498. The molecule has 0 aromatic heterocycles. The Morgan fingerprint density at radius 3 is 2.65 bits per heavy atom. The van der Waals surface area contributed by atoms with Crippen molar-refractivity contribution >= 4 is 17.3 Å². The number of halogens is 2. The van der Waals surface area contributed by atoms with E-state index in [2.05, 4.69) is 5.32 Å². The standard InChI is InChI=1S/C16H17ClFNO/c1-11(2)20-16-6-4-3-5-12(16)10-19-15-8-7-13(18)9-14(15)17/h3-9,11,19H,10H2,1-2H3. The molecule has 1 N–H and O–H groups in total. The predicted octanol–water partition coefficient (Wildman–Crippen LogP) is 4.88. The van der Waals surface area contributed by atoms with Gasteiger partial charge in [-0.1, -0.05) is 29.8 Å². The monoisotopic (exact) mass is 293 g/mol. The zero-order valence-corrected chi connectivity index (χ0v) is 12.2. The molecule has 0 aliphatic heterocycles. The minimum Gasteiger partial charge on any atom is -0.491 e. The Morgan fingerprint density at radius 2 is 1.95 bits per heavy atom. The molecule has 0 bridgehead atoms. The summed E-state index contributed by atoms with van der Waals surface area (Å²) in [4.78, 5) is 0. The van der Waals surface area contributed by atoms with E-state index in [0.717, 1.165) is 11.3 Å². The largest absolute Gasteiger partial charge is 0.491 e. The third-order valence-corrected chi connectivity index (χ3v) is 3.05. The molecule has 4 heteroatoms. The number of rotatable bonds is 5. The third kappa shape index (κ3) is 3.87. The Bertz CT molecular complexity index is 586. The van der Waals surface area contributed by atoms with Gasteiger partial charge in [-0.2, -0.15) is 0 Å². The minimum atomic E-state index is -0.343. The number of benzene rings is 2. The highest BCUT2D eigenvalue weighted by Gasteiger charge is 2.06. The highest BCUT2D eigenvalue weighted by atomic mass is 35.5. The first-order valence-electron chi connectivity index (χ1n) is 6.49. The molecule has 2 aromatic rings. The van der Waals surface area contributed by atoms with Crippen molar-refractivity contribution in [3.05, 3.63) is 58.9 Å². The first kappa shape index (κ1) is 14.7. The number of nitrogens with one attached hydrogen (secondary N) is 1. The van der Waals surface area contributed by atoms with Gasteiger partial charge in [0.2, 0.25) is 0 Å². The van der Waals surface area contributed by atoms with Gasteiger partial charge < -0.3 is 10.1 Å². The van der Waals surface area contributed by atoms with Gasteiger partial charge in [0.25, 0.3) is 0 Å². The molecule has 20 heavy (non-hydrogen) atoms. The van der Waals surface area contributed by atoms with Gasteiger partial charge in [-0.3, -0.25) is 0 Å². The minimum absolute atomic E-state index is 0.116. The molecule has 0 spiro atoms. The van der Waals surface area contributed by atoms with Crippen molar-refractivity contribution < 1.29 is 9.13 Å². The second-order valence-corrected chi connectivity index (χ2v) is 5.16. The zero-order valence-electron chi connectivity index (χ0n) is 11.5. The lowest BCUT2D eigenvalue weighted by Gasteiger charge is -2.15. The molecule has 2 nitrogen and oxygen atoms in total. The summed E-state index contributed by atoms with van der Waals surface area (Å²) >= 11 is 5.99. The molecule has 106 valence electrons. The number of hydrogen-bond acceptors (Lipinski definition) is 2. The van der Waals surface area contributed by atoms with Crippen LogP contribution in [0.15, 0.2) is 42.5 Å². The summed E-state index contributed by atoms with van der Waals surface area (Å²) in [6.45, 7) is 4.54. The predicted molar refractivity (Wildman–Crippen MR) is 80.9 cm³/mol. The van der Waals surface area contributed by atoms with Crippen LogP contribution in [0.3, 0.4) is 0 Å². The molecule has 0 aliphatic carbocycles. The van der Waals surface area contributed by atoms with E-state index >= 15 is 0 Å². The van der Waals surface area contributed by atoms with Crippen molar-refractivity contribution in [3.63, 3.8) is 0 Å². The fraction of sp³-hybridized carbons (Fsp3) is 0.250. The maximum atomic E-state index is 13.0. The van der Waals surface area contributed by atoms with Crippen LogP contribution in [0.2, 0.25) is 5.02 Å². The molecule has 2 aromatic carbocycles. The lowest BCUT2D eigenvalue weighted by molar-refractivity contribution is 0.240. The van der Waals surface area contributed by atoms with Gasteiger partial charge in [0.1, 0.15) is 11.6 Å². The van der Waals surface area contributed by atoms with Crippen LogP contribution in [-0.4, -0.2) is 6.10 Å². The van der Waals surface area contributed by atoms with Crippen LogP contribution < -0.4 is 10.1 Å². The SMILES string of the molecule is CC(C)Oc1ccccc1CNc1ccc(F)cc1Cl. The Morgan fingerprint density at radius 1 is 1.20 bits per heavy atom. The van der Waals surface area contributed by atoms with Crippen molar-refractivity contribution in [2.24, 2.45) is 0 Å². The quantitative estimate of drug-likeness (QED) is 0.848. The Kier molecular flexibility index (Phi) is 4.85. The summed E-state index contributed by atoms with van der Waals surface area (Å²) in [7, 11) is 0. The summed E-state index contributed by atoms with van der Waals surface area (Å²) < 4.78 is 18.7. The maximum Gasteiger partial charge on any atom is 0.124 e. The smallest absolute Gasteiger partial charge is 0.124 e. The average Bonchev–Trinajstić information content (AvgIpc) is 2.39. The van der Waals surface area contributed by atoms with Gasteiger partial charge >= 0.3 is 0 Å². The van der Waals surface area contributed by atoms with Gasteiger partial charge in [-0.15, -0.1) is 0 Å². The molecule has 0 heterocycles. The van der Waals surface area contributed by atoms with Crippen molar-refractivity contribution in [1.82, 2.24) is 0 Å². The van der Waals surface area contributed by atoms with E-state index in [-0.39, 0.29) is 11.9 Å². The molecule has 0 saturated carbocycles. The van der Waals surface area contributed by atoms with Gasteiger partial charge in [0, 0.05) is 12.1 Å². The Hall–Kier alpha value is -1.74. The van der Waals surface area contributed by atoms with E-state index in [1.165, 1.54) is 12.1 Å². The lowest BCUT2D eigenvalue weighted by Crippen LogP contribution is -2.09. The summed E-state index contributed by atoms with van der Waals surface area (Å²) in [5, 5.41) is 3.56. The van der Waals surface area contributed by atoms with Crippen LogP contribution in [-0.2, 0) is 6.54 Å². The van der Waals surface area contributed by atoms with E-state index in [1.54, 1.807) is 6.07 Å². The normalized spacial score (nSPS) is 10.7. The van der Waals surface area contributed by atoms with Gasteiger partial charge in [-0.05, 0) is 38.1 Å². The van der Waals surface area contributed by atoms with E-state index in [0.29, 0.717) is 17.3 Å². The molecule has 0 atom stereocenters. The van der Waals surface area contributed by atoms with Crippen LogP contribution in [0.4, 0.5) is 10.1 Å².